The molecular formula is C33H35F3N2O4. The van der Waals surface area contributed by atoms with Gasteiger partial charge in [-0.15, -0.1) is 6.58 Å². The molecule has 9 heteroatoms. The van der Waals surface area contributed by atoms with Gasteiger partial charge in [-0.1, -0.05) is 31.9 Å². The second kappa shape index (κ2) is 10.1. The van der Waals surface area contributed by atoms with Crippen molar-refractivity contribution in [1.82, 2.24) is 9.80 Å². The maximum Gasteiger partial charge on any atom is 0.416 e. The van der Waals surface area contributed by atoms with Crippen LogP contribution in [0.2, 0.25) is 0 Å². The minimum Gasteiger partial charge on any atom is -0.504 e. The molecule has 1 saturated heterocycles. The van der Waals surface area contributed by atoms with Gasteiger partial charge in [0, 0.05) is 36.2 Å². The lowest BCUT2D eigenvalue weighted by molar-refractivity contribution is -0.199. The number of benzene rings is 2. The first-order valence-electron chi connectivity index (χ1n) is 14.5. The van der Waals surface area contributed by atoms with E-state index in [1.165, 1.54) is 12.1 Å². The molecule has 2 aliphatic carbocycles. The van der Waals surface area contributed by atoms with Crippen LogP contribution in [0.4, 0.5) is 13.2 Å². The van der Waals surface area contributed by atoms with Gasteiger partial charge in [0.1, 0.15) is 6.10 Å². The Morgan fingerprint density at radius 1 is 1.24 bits per heavy atom. The molecule has 6 rings (SSSR count). The highest BCUT2D eigenvalue weighted by Crippen LogP contribution is 2.65. The van der Waals surface area contributed by atoms with Gasteiger partial charge in [-0.25, -0.2) is 0 Å². The third kappa shape index (κ3) is 4.22. The number of alkyl halides is 3. The summed E-state index contributed by atoms with van der Waals surface area (Å²) in [7, 11) is 0. The third-order valence-corrected chi connectivity index (χ3v) is 9.65. The number of nitrogens with zero attached hydrogens (tertiary/aromatic N) is 2. The number of aromatic hydroxyl groups is 1. The molecule has 1 saturated carbocycles. The highest BCUT2D eigenvalue weighted by Gasteiger charge is 2.73. The van der Waals surface area contributed by atoms with Gasteiger partial charge in [-0.3, -0.25) is 9.69 Å². The Bertz CT molecular complexity index is 1480. The van der Waals surface area contributed by atoms with Gasteiger partial charge in [-0.2, -0.15) is 13.2 Å². The molecule has 2 fully saturated rings. The fraction of sp³-hybridized carbons (Fsp3) is 0.485. The van der Waals surface area contributed by atoms with Crippen molar-refractivity contribution in [2.45, 2.75) is 74.9 Å². The molecule has 2 aromatic carbocycles. The molecule has 1 spiro atoms. The highest BCUT2D eigenvalue weighted by atomic mass is 19.4. The van der Waals surface area contributed by atoms with Crippen LogP contribution in [0.1, 0.15) is 55.4 Å². The molecule has 0 unspecified atom stereocenters. The summed E-state index contributed by atoms with van der Waals surface area (Å²) < 4.78 is 45.5. The minimum absolute atomic E-state index is 0.0226. The number of likely N-dealkylation sites (tertiary alicyclic amines) is 1. The number of amides is 1. The van der Waals surface area contributed by atoms with E-state index in [1.54, 1.807) is 11.0 Å². The zero-order valence-electron chi connectivity index (χ0n) is 23.7. The van der Waals surface area contributed by atoms with Crippen molar-refractivity contribution in [3.63, 3.8) is 0 Å². The predicted octanol–water partition coefficient (Wildman–Crippen LogP) is 4.66. The fourth-order valence-corrected chi connectivity index (χ4v) is 8.01. The number of phenols is 1. The summed E-state index contributed by atoms with van der Waals surface area (Å²) in [4.78, 5) is 17.7. The lowest BCUT2D eigenvalue weighted by Gasteiger charge is -2.64. The Labute approximate surface area is 243 Å². The van der Waals surface area contributed by atoms with E-state index in [0.717, 1.165) is 23.3 Å². The van der Waals surface area contributed by atoms with Crippen molar-refractivity contribution in [1.29, 1.82) is 0 Å². The van der Waals surface area contributed by atoms with Crippen LogP contribution < -0.4 is 4.74 Å². The van der Waals surface area contributed by atoms with E-state index in [2.05, 4.69) is 23.3 Å². The molecule has 0 radical (unpaired) electrons. The molecule has 5 atom stereocenters. The number of piperidine rings is 1. The van der Waals surface area contributed by atoms with Gasteiger partial charge < -0.3 is 19.8 Å². The topological polar surface area (TPSA) is 73.2 Å². The lowest BCUT2D eigenvalue weighted by atomic mass is 9.48. The summed E-state index contributed by atoms with van der Waals surface area (Å²) in [6.45, 7) is 9.67. The zero-order chi connectivity index (χ0) is 30.0. The number of carbonyl (C=O) groups is 1. The van der Waals surface area contributed by atoms with Crippen LogP contribution in [0.15, 0.2) is 49.1 Å². The molecule has 2 bridgehead atoms. The summed E-state index contributed by atoms with van der Waals surface area (Å²) in [5.74, 6) is 5.48. The second-order valence-electron chi connectivity index (χ2n) is 12.4. The number of hydrogen-bond acceptors (Lipinski definition) is 5. The number of aliphatic hydroxyl groups is 1. The van der Waals surface area contributed by atoms with Crippen LogP contribution >= 0.6 is 0 Å². The summed E-state index contributed by atoms with van der Waals surface area (Å²) in [5, 5.41) is 23.5. The van der Waals surface area contributed by atoms with Crippen molar-refractivity contribution >= 4 is 5.91 Å². The lowest BCUT2D eigenvalue weighted by Crippen LogP contribution is -2.78. The number of halogens is 3. The van der Waals surface area contributed by atoms with Crippen LogP contribution in [0.5, 0.6) is 11.5 Å². The van der Waals surface area contributed by atoms with E-state index in [4.69, 9.17) is 4.74 Å². The number of carbonyl (C=O) groups excluding carboxylic acids is 1. The monoisotopic (exact) mass is 580 g/mol. The maximum absolute atomic E-state index is 13.7. The van der Waals surface area contributed by atoms with Crippen LogP contribution in [-0.2, 0) is 22.8 Å². The van der Waals surface area contributed by atoms with E-state index in [9.17, 15) is 28.2 Å². The zero-order valence-corrected chi connectivity index (χ0v) is 23.7. The molecule has 2 aliphatic heterocycles. The van der Waals surface area contributed by atoms with Crippen LogP contribution in [0.25, 0.3) is 0 Å². The minimum atomic E-state index is -4.45. The smallest absolute Gasteiger partial charge is 0.416 e. The molecule has 1 amide bonds. The van der Waals surface area contributed by atoms with E-state index >= 15 is 0 Å². The second-order valence-corrected chi connectivity index (χ2v) is 12.4. The number of ether oxygens (including phenoxy) is 1. The highest BCUT2D eigenvalue weighted by molar-refractivity contribution is 5.94. The molecule has 0 aromatic heterocycles. The number of rotatable bonds is 5. The molecule has 222 valence electrons. The molecule has 4 aliphatic rings. The quantitative estimate of drug-likeness (QED) is 0.398. The average Bonchev–Trinajstić information content (AvgIpc) is 3.29. The predicted molar refractivity (Wildman–Crippen MR) is 151 cm³/mol. The summed E-state index contributed by atoms with van der Waals surface area (Å²) in [5.41, 5.74) is -0.502. The van der Waals surface area contributed by atoms with Crippen molar-refractivity contribution in [2.75, 3.05) is 19.6 Å². The van der Waals surface area contributed by atoms with Crippen molar-refractivity contribution in [3.05, 3.63) is 71.3 Å². The molecule has 2 N–H and O–H groups in total. The number of hydrogen-bond donors (Lipinski definition) is 2. The fourth-order valence-electron chi connectivity index (χ4n) is 8.01. The van der Waals surface area contributed by atoms with Crippen molar-refractivity contribution in [2.24, 2.45) is 5.92 Å². The SMILES string of the molecule is C=CCN1CC[C@]23c4c5ccc(O)c4O[C@H]2[C@@H](N(CC(C)C)C(=O)C#Cc2ccc(C(F)(F)F)cc2)CC[C@@]3(O)[C@H]1C5. The Balaban J connectivity index is 1.38. The standard InChI is InChI=1S/C33H35F3N2O4/c1-4-16-37-17-15-31-28-22-8-11-25(39)29(28)42-30(31)24(13-14-32(31,41)26(37)18-22)38(19-20(2)3)27(40)12-7-21-5-9-23(10-6-21)33(34,35)36/h4-6,8-11,20,24,26,30,39,41H,1,13-19H2,2-3H3/t24-,26+,30-,31-,32+/m0/s1. The van der Waals surface area contributed by atoms with Gasteiger partial charge in [0.15, 0.2) is 11.5 Å². The van der Waals surface area contributed by atoms with Crippen LogP contribution in [-0.4, -0.2) is 69.3 Å². The van der Waals surface area contributed by atoms with Crippen molar-refractivity contribution in [3.8, 4) is 23.3 Å². The average molecular weight is 581 g/mol. The van der Waals surface area contributed by atoms with Gasteiger partial charge in [0.05, 0.1) is 22.6 Å². The Morgan fingerprint density at radius 3 is 2.64 bits per heavy atom. The maximum atomic E-state index is 13.7. The molecule has 6 nitrogen and oxygen atoms in total. The Kier molecular flexibility index (Phi) is 6.86. The molecule has 42 heavy (non-hydrogen) atoms. The third-order valence-electron chi connectivity index (χ3n) is 9.65. The van der Waals surface area contributed by atoms with E-state index in [0.29, 0.717) is 56.6 Å². The van der Waals surface area contributed by atoms with Gasteiger partial charge in [0.2, 0.25) is 0 Å². The first-order chi connectivity index (χ1) is 19.9. The van der Waals surface area contributed by atoms with E-state index in [1.807, 2.05) is 26.0 Å². The van der Waals surface area contributed by atoms with Crippen LogP contribution in [0, 0.1) is 17.8 Å². The van der Waals surface area contributed by atoms with Gasteiger partial charge in [-0.05, 0) is 74.0 Å². The van der Waals surface area contributed by atoms with Gasteiger partial charge >= 0.3 is 6.18 Å². The Hall–Kier alpha value is -3.48. The molecular weight excluding hydrogens is 545 g/mol. The van der Waals surface area contributed by atoms with Crippen LogP contribution in [0.3, 0.4) is 0 Å². The van der Waals surface area contributed by atoms with Gasteiger partial charge in [0.25, 0.3) is 5.91 Å². The summed E-state index contributed by atoms with van der Waals surface area (Å²) in [6, 6.07) is 7.40. The van der Waals surface area contributed by atoms with E-state index < -0.39 is 40.8 Å². The normalized spacial score (nSPS) is 29.3. The molecule has 2 aromatic rings. The summed E-state index contributed by atoms with van der Waals surface area (Å²) in [6.07, 6.45) is -1.05. The number of phenolic OH excluding ortho intramolecular Hbond substituents is 1. The largest absolute Gasteiger partial charge is 0.504 e. The Morgan fingerprint density at radius 2 is 1.98 bits per heavy atom. The first kappa shape index (κ1) is 28.6. The van der Waals surface area contributed by atoms with Crippen molar-refractivity contribution < 1.29 is 32.9 Å². The summed E-state index contributed by atoms with van der Waals surface area (Å²) >= 11 is 0. The molecule has 2 heterocycles. The van der Waals surface area contributed by atoms with E-state index in [-0.39, 0.29) is 17.7 Å². The first-order valence-corrected chi connectivity index (χ1v) is 14.5.